The molecule has 3 aromatic rings. The molecule has 1 saturated carbocycles. The van der Waals surface area contributed by atoms with Gasteiger partial charge in [0.1, 0.15) is 11.9 Å². The van der Waals surface area contributed by atoms with E-state index in [1.807, 2.05) is 18.2 Å². The van der Waals surface area contributed by atoms with Crippen molar-refractivity contribution >= 4 is 5.69 Å². The quantitative estimate of drug-likeness (QED) is 0.692. The Kier molecular flexibility index (Phi) is 3.73. The summed E-state index contributed by atoms with van der Waals surface area (Å²) < 4.78 is 5.61. The molecule has 0 bridgehead atoms. The van der Waals surface area contributed by atoms with Gasteiger partial charge in [0.15, 0.2) is 0 Å². The topological polar surface area (TPSA) is 60.2 Å². The number of hydrogen-bond acceptors (Lipinski definition) is 4. The molecule has 0 amide bonds. The zero-order valence-corrected chi connectivity index (χ0v) is 15.0. The number of fused-ring (bicyclic) bond motifs is 1. The molecule has 1 fully saturated rings. The van der Waals surface area contributed by atoms with Crippen molar-refractivity contribution in [1.29, 1.82) is 0 Å². The second-order valence-corrected chi connectivity index (χ2v) is 7.26. The van der Waals surface area contributed by atoms with E-state index in [-0.39, 0.29) is 5.54 Å². The number of hydrogen-bond donors (Lipinski definition) is 2. The van der Waals surface area contributed by atoms with Gasteiger partial charge in [0.2, 0.25) is 5.88 Å². The molecule has 134 valence electrons. The van der Waals surface area contributed by atoms with Gasteiger partial charge in [0.25, 0.3) is 0 Å². The van der Waals surface area contributed by atoms with Crippen LogP contribution in [-0.2, 0) is 5.54 Å². The molecular weight excluding hydrogens is 334 g/mol. The molecule has 27 heavy (non-hydrogen) atoms. The highest BCUT2D eigenvalue weighted by molar-refractivity contribution is 5.85. The largest absolute Gasteiger partial charge is 0.443 e. The summed E-state index contributed by atoms with van der Waals surface area (Å²) in [5, 5.41) is 3.21. The minimum atomic E-state index is -0.151. The van der Waals surface area contributed by atoms with E-state index < -0.39 is 0 Å². The zero-order chi connectivity index (χ0) is 18.3. The molecule has 4 heteroatoms. The first-order valence-corrected chi connectivity index (χ1v) is 9.31. The third kappa shape index (κ3) is 2.78. The summed E-state index contributed by atoms with van der Waals surface area (Å²) >= 11 is 0. The lowest BCUT2D eigenvalue weighted by Crippen LogP contribution is -2.43. The minimum Gasteiger partial charge on any atom is -0.443 e. The van der Waals surface area contributed by atoms with Crippen LogP contribution in [0.5, 0.6) is 5.88 Å². The van der Waals surface area contributed by atoms with Crippen LogP contribution in [0.15, 0.2) is 73.1 Å². The smallest absolute Gasteiger partial charge is 0.243 e. The highest BCUT2D eigenvalue weighted by Crippen LogP contribution is 2.41. The van der Waals surface area contributed by atoms with Gasteiger partial charge >= 0.3 is 0 Å². The van der Waals surface area contributed by atoms with Gasteiger partial charge in [-0.15, -0.1) is 0 Å². The van der Waals surface area contributed by atoms with Crippen molar-refractivity contribution in [3.05, 3.63) is 78.7 Å². The Balaban J connectivity index is 1.62. The lowest BCUT2D eigenvalue weighted by molar-refractivity contribution is 0.253. The molecular formula is C23H21N3O. The molecule has 2 aromatic carbocycles. The van der Waals surface area contributed by atoms with Crippen LogP contribution in [0.25, 0.3) is 22.4 Å². The van der Waals surface area contributed by atoms with Crippen LogP contribution < -0.4 is 15.8 Å². The molecule has 1 aliphatic carbocycles. The van der Waals surface area contributed by atoms with Crippen molar-refractivity contribution in [2.24, 2.45) is 5.73 Å². The maximum absolute atomic E-state index is 6.47. The molecule has 0 spiro atoms. The van der Waals surface area contributed by atoms with E-state index >= 15 is 0 Å². The highest BCUT2D eigenvalue weighted by Gasteiger charge is 2.34. The predicted octanol–water partition coefficient (Wildman–Crippen LogP) is 5.03. The summed E-state index contributed by atoms with van der Waals surface area (Å²) in [5.74, 6) is 0.588. The Bertz CT molecular complexity index is 1010. The van der Waals surface area contributed by atoms with Gasteiger partial charge in [0.05, 0.1) is 5.69 Å². The van der Waals surface area contributed by atoms with Gasteiger partial charge < -0.3 is 15.8 Å². The number of nitrogens with one attached hydrogen (secondary N) is 1. The Labute approximate surface area is 158 Å². The van der Waals surface area contributed by atoms with Crippen LogP contribution in [-0.4, -0.2) is 4.98 Å². The normalized spacial score (nSPS) is 16.6. The Morgan fingerprint density at radius 2 is 1.74 bits per heavy atom. The molecule has 1 aromatic heterocycles. The van der Waals surface area contributed by atoms with E-state index in [0.29, 0.717) is 5.88 Å². The molecule has 0 radical (unpaired) electrons. The van der Waals surface area contributed by atoms with E-state index in [2.05, 4.69) is 47.8 Å². The van der Waals surface area contributed by atoms with Crippen molar-refractivity contribution in [2.75, 3.05) is 5.32 Å². The van der Waals surface area contributed by atoms with E-state index in [0.717, 1.165) is 40.9 Å². The standard InChI is InChI=1S/C23H21N3O/c24-23(11-4-12-23)18-9-7-17(8-10-18)21-19(16-5-2-1-3-6-16)15-20-22(26-21)27-14-13-25-20/h1-3,5-10,13-15,25H,4,11-12,24H2. The number of ether oxygens (including phenoxy) is 1. The van der Waals surface area contributed by atoms with Gasteiger partial charge in [0, 0.05) is 22.9 Å². The summed E-state index contributed by atoms with van der Waals surface area (Å²) in [7, 11) is 0. The second kappa shape index (κ2) is 6.25. The fourth-order valence-electron chi connectivity index (χ4n) is 3.78. The van der Waals surface area contributed by atoms with Crippen molar-refractivity contribution < 1.29 is 4.74 Å². The highest BCUT2D eigenvalue weighted by atomic mass is 16.5. The van der Waals surface area contributed by atoms with Crippen molar-refractivity contribution in [3.8, 4) is 28.3 Å². The predicted molar refractivity (Wildman–Crippen MR) is 108 cm³/mol. The van der Waals surface area contributed by atoms with Crippen LogP contribution in [0.2, 0.25) is 0 Å². The van der Waals surface area contributed by atoms with Crippen LogP contribution >= 0.6 is 0 Å². The van der Waals surface area contributed by atoms with Crippen LogP contribution in [0, 0.1) is 0 Å². The first-order chi connectivity index (χ1) is 13.2. The van der Waals surface area contributed by atoms with Crippen molar-refractivity contribution in [3.63, 3.8) is 0 Å². The number of nitrogens with two attached hydrogens (primary N) is 1. The lowest BCUT2D eigenvalue weighted by atomic mass is 9.72. The van der Waals surface area contributed by atoms with Crippen LogP contribution in [0.4, 0.5) is 5.69 Å². The van der Waals surface area contributed by atoms with Gasteiger partial charge in [-0.05, 0) is 36.5 Å². The molecule has 0 atom stereocenters. The van der Waals surface area contributed by atoms with Gasteiger partial charge in [-0.3, -0.25) is 0 Å². The first kappa shape index (κ1) is 16.1. The number of nitrogens with zero attached hydrogens (tertiary/aromatic N) is 1. The Hall–Kier alpha value is -3.11. The van der Waals surface area contributed by atoms with E-state index in [4.69, 9.17) is 15.5 Å². The maximum atomic E-state index is 6.47. The average Bonchev–Trinajstić information content (AvgIpc) is 2.72. The maximum Gasteiger partial charge on any atom is 0.243 e. The Morgan fingerprint density at radius 1 is 0.963 bits per heavy atom. The number of benzene rings is 2. The van der Waals surface area contributed by atoms with Crippen LogP contribution in [0.3, 0.4) is 0 Å². The van der Waals surface area contributed by atoms with Gasteiger partial charge in [-0.1, -0.05) is 54.6 Å². The minimum absolute atomic E-state index is 0.151. The summed E-state index contributed by atoms with van der Waals surface area (Å²) in [6, 6.07) is 20.9. The molecule has 0 unspecified atom stereocenters. The average molecular weight is 355 g/mol. The Morgan fingerprint density at radius 3 is 2.44 bits per heavy atom. The summed E-state index contributed by atoms with van der Waals surface area (Å²) in [6.07, 6.45) is 6.71. The number of pyridine rings is 1. The third-order valence-electron chi connectivity index (χ3n) is 5.54. The molecule has 1 aliphatic heterocycles. The van der Waals surface area contributed by atoms with Crippen molar-refractivity contribution in [2.45, 2.75) is 24.8 Å². The van der Waals surface area contributed by atoms with Gasteiger partial charge in [-0.25, -0.2) is 4.98 Å². The monoisotopic (exact) mass is 355 g/mol. The number of aromatic nitrogens is 1. The van der Waals surface area contributed by atoms with Gasteiger partial charge in [-0.2, -0.15) is 0 Å². The molecule has 5 rings (SSSR count). The molecule has 2 aliphatic rings. The number of anilines is 1. The van der Waals surface area contributed by atoms with E-state index in [1.54, 1.807) is 12.5 Å². The van der Waals surface area contributed by atoms with E-state index in [1.165, 1.54) is 12.0 Å². The lowest BCUT2D eigenvalue weighted by Gasteiger charge is -2.38. The molecule has 2 heterocycles. The van der Waals surface area contributed by atoms with E-state index in [9.17, 15) is 0 Å². The third-order valence-corrected chi connectivity index (χ3v) is 5.54. The summed E-state index contributed by atoms with van der Waals surface area (Å²) in [5.41, 5.74) is 12.6. The summed E-state index contributed by atoms with van der Waals surface area (Å²) in [4.78, 5) is 4.82. The summed E-state index contributed by atoms with van der Waals surface area (Å²) in [6.45, 7) is 0. The van der Waals surface area contributed by atoms with Crippen molar-refractivity contribution in [1.82, 2.24) is 4.98 Å². The number of rotatable bonds is 3. The molecule has 4 nitrogen and oxygen atoms in total. The SMILES string of the molecule is NC1(c2ccc(-c3nc4c(cc3-c3ccccc3)NC=CO4)cc2)CCC1. The molecule has 0 saturated heterocycles. The fourth-order valence-corrected chi connectivity index (χ4v) is 3.78. The fraction of sp³-hybridized carbons (Fsp3) is 0.174. The first-order valence-electron chi connectivity index (χ1n) is 9.31. The second-order valence-electron chi connectivity index (χ2n) is 7.26. The molecule has 3 N–H and O–H groups in total. The zero-order valence-electron chi connectivity index (χ0n) is 15.0. The van der Waals surface area contributed by atoms with Crippen LogP contribution in [0.1, 0.15) is 24.8 Å².